The Hall–Kier alpha value is -3.15. The molecule has 6 nitrogen and oxygen atoms in total. The molecule has 0 saturated heterocycles. The SMILES string of the molecule is Nc1cc2cccc(CCCCC3CCC(n4ccc5c(N)ncnc54)C3)c2cn1. The topological polar surface area (TPSA) is 95.6 Å². The molecule has 4 aromatic rings. The smallest absolute Gasteiger partial charge is 0.145 e. The van der Waals surface area contributed by atoms with Gasteiger partial charge in [0.15, 0.2) is 0 Å². The van der Waals surface area contributed by atoms with Crippen molar-refractivity contribution in [3.8, 4) is 0 Å². The average Bonchev–Trinajstić information content (AvgIpc) is 3.38. The van der Waals surface area contributed by atoms with E-state index in [1.807, 2.05) is 18.3 Å². The van der Waals surface area contributed by atoms with Crippen molar-refractivity contribution in [2.75, 3.05) is 11.5 Å². The maximum absolute atomic E-state index is 5.99. The van der Waals surface area contributed by atoms with E-state index in [9.17, 15) is 0 Å². The van der Waals surface area contributed by atoms with Crippen LogP contribution >= 0.6 is 0 Å². The molecular formula is C24H28N6. The van der Waals surface area contributed by atoms with Crippen LogP contribution in [0.15, 0.2) is 49.1 Å². The fourth-order valence-electron chi connectivity index (χ4n) is 5.07. The lowest BCUT2D eigenvalue weighted by Gasteiger charge is -2.14. The summed E-state index contributed by atoms with van der Waals surface area (Å²) in [6.45, 7) is 0. The number of rotatable bonds is 6. The van der Waals surface area contributed by atoms with Gasteiger partial charge in [0, 0.05) is 23.8 Å². The molecule has 1 saturated carbocycles. The molecule has 0 amide bonds. The Morgan fingerprint density at radius 2 is 1.93 bits per heavy atom. The monoisotopic (exact) mass is 400 g/mol. The zero-order chi connectivity index (χ0) is 20.5. The molecule has 0 radical (unpaired) electrons. The van der Waals surface area contributed by atoms with Crippen LogP contribution < -0.4 is 11.5 Å². The van der Waals surface area contributed by atoms with Crippen LogP contribution in [0, 0.1) is 5.92 Å². The van der Waals surface area contributed by atoms with Crippen LogP contribution in [0.2, 0.25) is 0 Å². The molecule has 0 aliphatic heterocycles. The highest BCUT2D eigenvalue weighted by atomic mass is 15.1. The van der Waals surface area contributed by atoms with Gasteiger partial charge in [-0.15, -0.1) is 0 Å². The predicted molar refractivity (Wildman–Crippen MR) is 122 cm³/mol. The summed E-state index contributed by atoms with van der Waals surface area (Å²) >= 11 is 0. The first-order valence-corrected chi connectivity index (χ1v) is 10.9. The van der Waals surface area contributed by atoms with E-state index in [-0.39, 0.29) is 0 Å². The molecule has 30 heavy (non-hydrogen) atoms. The van der Waals surface area contributed by atoms with Gasteiger partial charge < -0.3 is 16.0 Å². The molecule has 0 bridgehead atoms. The van der Waals surface area contributed by atoms with Gasteiger partial charge in [-0.1, -0.05) is 31.0 Å². The predicted octanol–water partition coefficient (Wildman–Crippen LogP) is 4.90. The minimum absolute atomic E-state index is 0.524. The summed E-state index contributed by atoms with van der Waals surface area (Å²) in [6, 6.07) is 11.0. The summed E-state index contributed by atoms with van der Waals surface area (Å²) in [5.74, 6) is 1.94. The van der Waals surface area contributed by atoms with Crippen molar-refractivity contribution in [2.24, 2.45) is 5.92 Å². The van der Waals surface area contributed by atoms with E-state index in [1.165, 1.54) is 54.9 Å². The lowest BCUT2D eigenvalue weighted by Crippen LogP contribution is -2.06. The van der Waals surface area contributed by atoms with Crippen molar-refractivity contribution in [1.29, 1.82) is 0 Å². The van der Waals surface area contributed by atoms with Gasteiger partial charge in [0.25, 0.3) is 0 Å². The summed E-state index contributed by atoms with van der Waals surface area (Å²) < 4.78 is 2.31. The molecule has 1 aromatic carbocycles. The fourth-order valence-corrected chi connectivity index (χ4v) is 5.07. The highest BCUT2D eigenvalue weighted by Gasteiger charge is 2.26. The van der Waals surface area contributed by atoms with Crippen LogP contribution in [0.1, 0.15) is 50.1 Å². The number of aryl methyl sites for hydroxylation is 1. The van der Waals surface area contributed by atoms with Crippen LogP contribution in [0.3, 0.4) is 0 Å². The molecule has 6 heteroatoms. The van der Waals surface area contributed by atoms with Gasteiger partial charge >= 0.3 is 0 Å². The van der Waals surface area contributed by atoms with Gasteiger partial charge in [0.1, 0.15) is 23.6 Å². The quantitative estimate of drug-likeness (QED) is 0.449. The Balaban J connectivity index is 1.16. The lowest BCUT2D eigenvalue weighted by molar-refractivity contribution is 0.443. The van der Waals surface area contributed by atoms with Crippen molar-refractivity contribution in [3.05, 3.63) is 54.6 Å². The fraction of sp³-hybridized carbons (Fsp3) is 0.375. The van der Waals surface area contributed by atoms with Gasteiger partial charge in [0.05, 0.1) is 5.39 Å². The second kappa shape index (κ2) is 7.94. The van der Waals surface area contributed by atoms with Crippen molar-refractivity contribution in [2.45, 2.75) is 51.0 Å². The number of pyridine rings is 1. The summed E-state index contributed by atoms with van der Waals surface area (Å²) in [5, 5.41) is 3.38. The van der Waals surface area contributed by atoms with Crippen LogP contribution in [-0.4, -0.2) is 19.5 Å². The summed E-state index contributed by atoms with van der Waals surface area (Å²) in [6.07, 6.45) is 14.2. The highest BCUT2D eigenvalue weighted by Crippen LogP contribution is 2.39. The summed E-state index contributed by atoms with van der Waals surface area (Å²) in [5.41, 5.74) is 14.2. The molecule has 3 heterocycles. The lowest BCUT2D eigenvalue weighted by atomic mass is 9.96. The van der Waals surface area contributed by atoms with Crippen LogP contribution in [-0.2, 0) is 6.42 Å². The van der Waals surface area contributed by atoms with Crippen molar-refractivity contribution < 1.29 is 0 Å². The average molecular weight is 401 g/mol. The third-order valence-electron chi connectivity index (χ3n) is 6.63. The van der Waals surface area contributed by atoms with Crippen molar-refractivity contribution in [3.63, 3.8) is 0 Å². The number of fused-ring (bicyclic) bond motifs is 2. The number of hydrogen-bond acceptors (Lipinski definition) is 5. The number of anilines is 2. The van der Waals surface area contributed by atoms with E-state index in [4.69, 9.17) is 11.5 Å². The first kappa shape index (κ1) is 18.9. The number of benzene rings is 1. The Morgan fingerprint density at radius 1 is 1.00 bits per heavy atom. The minimum Gasteiger partial charge on any atom is -0.384 e. The normalized spacial score (nSPS) is 19.1. The highest BCUT2D eigenvalue weighted by molar-refractivity contribution is 5.87. The Labute approximate surface area is 176 Å². The molecule has 1 aliphatic rings. The molecule has 3 aromatic heterocycles. The number of nitrogens with two attached hydrogens (primary N) is 2. The molecule has 1 aliphatic carbocycles. The first-order valence-electron chi connectivity index (χ1n) is 10.9. The van der Waals surface area contributed by atoms with Gasteiger partial charge in [-0.2, -0.15) is 0 Å². The molecule has 154 valence electrons. The summed E-state index contributed by atoms with van der Waals surface area (Å²) in [4.78, 5) is 12.9. The standard InChI is InChI=1S/C24H28N6/c25-22-13-18-7-3-6-17(21(18)14-27-22)5-2-1-4-16-8-9-19(12-16)30-11-10-20-23(26)28-15-29-24(20)30/h3,6-7,10-11,13-16,19H,1-2,4-5,8-9,12H2,(H2,25,27)(H2,26,28,29). The molecule has 4 N–H and O–H groups in total. The summed E-state index contributed by atoms with van der Waals surface area (Å²) in [7, 11) is 0. The molecule has 2 atom stereocenters. The Bertz CT molecular complexity index is 1180. The van der Waals surface area contributed by atoms with Gasteiger partial charge in [-0.3, -0.25) is 0 Å². The molecule has 0 spiro atoms. The van der Waals surface area contributed by atoms with E-state index in [0.717, 1.165) is 23.4 Å². The zero-order valence-corrected chi connectivity index (χ0v) is 17.2. The maximum atomic E-state index is 5.99. The van der Waals surface area contributed by atoms with Crippen molar-refractivity contribution in [1.82, 2.24) is 19.5 Å². The molecule has 1 fully saturated rings. The zero-order valence-electron chi connectivity index (χ0n) is 17.2. The van der Waals surface area contributed by atoms with Gasteiger partial charge in [-0.25, -0.2) is 15.0 Å². The Kier molecular flexibility index (Phi) is 4.99. The number of aromatic nitrogens is 4. The van der Waals surface area contributed by atoms with E-state index < -0.39 is 0 Å². The third-order valence-corrected chi connectivity index (χ3v) is 6.63. The molecule has 2 unspecified atom stereocenters. The van der Waals surface area contributed by atoms with Crippen LogP contribution in [0.25, 0.3) is 21.8 Å². The van der Waals surface area contributed by atoms with Crippen LogP contribution in [0.5, 0.6) is 0 Å². The van der Waals surface area contributed by atoms with E-state index in [2.05, 4.69) is 43.9 Å². The van der Waals surface area contributed by atoms with E-state index >= 15 is 0 Å². The number of nitrogen functional groups attached to an aromatic ring is 2. The second-order valence-electron chi connectivity index (χ2n) is 8.55. The largest absolute Gasteiger partial charge is 0.384 e. The van der Waals surface area contributed by atoms with E-state index in [1.54, 1.807) is 6.33 Å². The molecular weight excluding hydrogens is 372 g/mol. The van der Waals surface area contributed by atoms with Gasteiger partial charge in [-0.05, 0) is 61.1 Å². The van der Waals surface area contributed by atoms with Gasteiger partial charge in [0.2, 0.25) is 0 Å². The number of unbranched alkanes of at least 4 members (excludes halogenated alkanes) is 1. The van der Waals surface area contributed by atoms with Crippen molar-refractivity contribution >= 4 is 33.4 Å². The second-order valence-corrected chi connectivity index (χ2v) is 8.55. The van der Waals surface area contributed by atoms with E-state index in [0.29, 0.717) is 17.7 Å². The molecule has 5 rings (SSSR count). The minimum atomic E-state index is 0.524. The maximum Gasteiger partial charge on any atom is 0.145 e. The number of hydrogen-bond donors (Lipinski definition) is 2. The first-order chi connectivity index (χ1) is 14.7. The Morgan fingerprint density at radius 3 is 2.87 bits per heavy atom. The number of nitrogens with zero attached hydrogens (tertiary/aromatic N) is 4. The third kappa shape index (κ3) is 3.58. The van der Waals surface area contributed by atoms with Crippen LogP contribution in [0.4, 0.5) is 11.6 Å².